The highest BCUT2D eigenvalue weighted by atomic mass is 19.1. The Morgan fingerprint density at radius 2 is 1.97 bits per heavy atom. The fraction of sp³-hybridized carbons (Fsp3) is 0.217. The quantitative estimate of drug-likeness (QED) is 0.506. The van der Waals surface area contributed by atoms with Crippen molar-refractivity contribution in [3.05, 3.63) is 77.4 Å². The molecule has 5 rings (SSSR count). The van der Waals surface area contributed by atoms with Gasteiger partial charge >= 0.3 is 0 Å². The van der Waals surface area contributed by atoms with Crippen LogP contribution in [0.1, 0.15) is 44.0 Å². The van der Waals surface area contributed by atoms with Gasteiger partial charge < -0.3 is 9.88 Å². The van der Waals surface area contributed by atoms with Gasteiger partial charge in [0.1, 0.15) is 11.3 Å². The van der Waals surface area contributed by atoms with Gasteiger partial charge in [-0.1, -0.05) is 6.08 Å². The molecule has 0 saturated carbocycles. The minimum absolute atomic E-state index is 0. The van der Waals surface area contributed by atoms with Gasteiger partial charge in [-0.05, 0) is 56.2 Å². The molecule has 1 N–H and O–H groups in total. The highest BCUT2D eigenvalue weighted by Gasteiger charge is 2.22. The predicted octanol–water partition coefficient (Wildman–Crippen LogP) is 5.23. The molecule has 1 aliphatic carbocycles. The third-order valence-corrected chi connectivity index (χ3v) is 5.35. The number of rotatable bonds is 4. The molecule has 1 aliphatic rings. The van der Waals surface area contributed by atoms with Crippen LogP contribution in [0.5, 0.6) is 0 Å². The van der Waals surface area contributed by atoms with E-state index in [2.05, 4.69) is 49.7 Å². The second-order valence-corrected chi connectivity index (χ2v) is 7.69. The number of fused-ring (bicyclic) bond motifs is 2. The van der Waals surface area contributed by atoms with Crippen molar-refractivity contribution in [3.8, 4) is 0 Å². The van der Waals surface area contributed by atoms with Crippen LogP contribution in [0, 0.1) is 12.7 Å². The van der Waals surface area contributed by atoms with E-state index in [0.29, 0.717) is 17.9 Å². The highest BCUT2D eigenvalue weighted by molar-refractivity contribution is 5.89. The number of aryl methyl sites for hydroxylation is 1. The third kappa shape index (κ3) is 3.03. The average Bonchev–Trinajstić information content (AvgIpc) is 3.29. The molecule has 3 aromatic heterocycles. The van der Waals surface area contributed by atoms with Crippen LogP contribution in [-0.2, 0) is 6.42 Å². The molecule has 7 heteroatoms. The summed E-state index contributed by atoms with van der Waals surface area (Å²) in [6, 6.07) is 7.49. The topological polar surface area (TPSA) is 68.5 Å². The van der Waals surface area contributed by atoms with E-state index in [1.165, 1.54) is 0 Å². The Labute approximate surface area is 175 Å². The number of pyridine rings is 1. The number of nitrogens with zero attached hydrogens (tertiary/aromatic N) is 5. The van der Waals surface area contributed by atoms with Crippen LogP contribution in [0.3, 0.4) is 0 Å². The summed E-state index contributed by atoms with van der Waals surface area (Å²) in [5, 5.41) is 3.19. The van der Waals surface area contributed by atoms with Gasteiger partial charge in [-0.3, -0.25) is 4.98 Å². The molecular weight excluding hydrogens is 379 g/mol. The SMILES string of the molecule is Cc1nc2c(F)cc(C3=CCc4nc(Nc5ccncc5)ncc43)cc2n1C(C)C.[HH]. The van der Waals surface area contributed by atoms with E-state index < -0.39 is 0 Å². The van der Waals surface area contributed by atoms with Crippen LogP contribution in [0.2, 0.25) is 0 Å². The summed E-state index contributed by atoms with van der Waals surface area (Å²) in [4.78, 5) is 17.6. The number of hydrogen-bond acceptors (Lipinski definition) is 5. The fourth-order valence-electron chi connectivity index (χ4n) is 4.08. The molecule has 0 atom stereocenters. The zero-order chi connectivity index (χ0) is 20.8. The number of aromatic nitrogens is 5. The first-order chi connectivity index (χ1) is 14.5. The fourth-order valence-corrected chi connectivity index (χ4v) is 4.08. The van der Waals surface area contributed by atoms with Gasteiger partial charge in [0.25, 0.3) is 0 Å². The van der Waals surface area contributed by atoms with Crippen molar-refractivity contribution in [2.75, 3.05) is 5.32 Å². The van der Waals surface area contributed by atoms with Crippen molar-refractivity contribution in [2.45, 2.75) is 33.2 Å². The molecule has 0 saturated heterocycles. The smallest absolute Gasteiger partial charge is 0.227 e. The van der Waals surface area contributed by atoms with Gasteiger partial charge in [0.15, 0.2) is 5.82 Å². The second-order valence-electron chi connectivity index (χ2n) is 7.69. The molecule has 3 heterocycles. The molecule has 4 aromatic rings. The van der Waals surface area contributed by atoms with Crippen LogP contribution in [0.15, 0.2) is 48.9 Å². The Bertz CT molecular complexity index is 1300. The van der Waals surface area contributed by atoms with E-state index in [0.717, 1.165) is 39.4 Å². The molecular formula is C23H23FN6. The van der Waals surface area contributed by atoms with Crippen LogP contribution < -0.4 is 5.32 Å². The normalized spacial score (nSPS) is 13.0. The van der Waals surface area contributed by atoms with Crippen LogP contribution in [0.25, 0.3) is 16.6 Å². The monoisotopic (exact) mass is 402 g/mol. The van der Waals surface area contributed by atoms with Crippen molar-refractivity contribution >= 4 is 28.2 Å². The first-order valence-electron chi connectivity index (χ1n) is 9.93. The predicted molar refractivity (Wildman–Crippen MR) is 117 cm³/mol. The molecule has 0 bridgehead atoms. The van der Waals surface area contributed by atoms with Crippen molar-refractivity contribution in [1.82, 2.24) is 24.5 Å². The maximum atomic E-state index is 14.9. The molecule has 0 unspecified atom stereocenters. The molecule has 0 spiro atoms. The van der Waals surface area contributed by atoms with E-state index in [1.807, 2.05) is 25.1 Å². The number of hydrogen-bond donors (Lipinski definition) is 1. The van der Waals surface area contributed by atoms with E-state index in [4.69, 9.17) is 0 Å². The molecule has 0 amide bonds. The molecule has 0 aliphatic heterocycles. The average molecular weight is 402 g/mol. The number of nitrogens with one attached hydrogen (secondary N) is 1. The maximum absolute atomic E-state index is 14.9. The first-order valence-corrected chi connectivity index (χ1v) is 9.93. The van der Waals surface area contributed by atoms with Crippen molar-refractivity contribution in [3.63, 3.8) is 0 Å². The molecule has 0 radical (unpaired) electrons. The zero-order valence-corrected chi connectivity index (χ0v) is 17.0. The Hall–Kier alpha value is -3.61. The van der Waals surface area contributed by atoms with Crippen LogP contribution in [0.4, 0.5) is 16.0 Å². The highest BCUT2D eigenvalue weighted by Crippen LogP contribution is 2.35. The van der Waals surface area contributed by atoms with Crippen molar-refractivity contribution < 1.29 is 5.82 Å². The van der Waals surface area contributed by atoms with Gasteiger partial charge in [0, 0.05) is 43.7 Å². The standard InChI is InChI=1S/C23H21FN6.H2/c1-13(2)30-14(3)27-22-19(24)10-15(11-21(22)30)17-4-5-20-18(17)12-26-23(29-20)28-16-6-8-25-9-7-16;/h4,6-13H,5H2,1-3H3,(H,25,26,28,29);1H. The van der Waals surface area contributed by atoms with E-state index in [9.17, 15) is 4.39 Å². The van der Waals surface area contributed by atoms with Crippen LogP contribution in [-0.4, -0.2) is 24.5 Å². The number of halogens is 1. The number of imidazole rings is 1. The van der Waals surface area contributed by atoms with E-state index in [1.54, 1.807) is 24.7 Å². The van der Waals surface area contributed by atoms with Gasteiger partial charge in [-0.2, -0.15) is 0 Å². The molecule has 152 valence electrons. The lowest BCUT2D eigenvalue weighted by atomic mass is 10.0. The third-order valence-electron chi connectivity index (χ3n) is 5.35. The van der Waals surface area contributed by atoms with Gasteiger partial charge in [0.2, 0.25) is 5.95 Å². The summed E-state index contributed by atoms with van der Waals surface area (Å²) in [5.74, 6) is 1.04. The maximum Gasteiger partial charge on any atom is 0.227 e. The summed E-state index contributed by atoms with van der Waals surface area (Å²) in [7, 11) is 0. The van der Waals surface area contributed by atoms with Gasteiger partial charge in [-0.25, -0.2) is 19.3 Å². The minimum atomic E-state index is -0.309. The lowest BCUT2D eigenvalue weighted by Crippen LogP contribution is -2.03. The van der Waals surface area contributed by atoms with Crippen LogP contribution >= 0.6 is 0 Å². The number of benzene rings is 1. The lowest BCUT2D eigenvalue weighted by molar-refractivity contribution is 0.600. The molecule has 30 heavy (non-hydrogen) atoms. The second kappa shape index (κ2) is 7.02. The summed E-state index contributed by atoms with van der Waals surface area (Å²) in [6.45, 7) is 6.07. The lowest BCUT2D eigenvalue weighted by Gasteiger charge is -2.12. The van der Waals surface area contributed by atoms with Gasteiger partial charge in [-0.15, -0.1) is 0 Å². The van der Waals surface area contributed by atoms with Crippen molar-refractivity contribution in [1.29, 1.82) is 0 Å². The Morgan fingerprint density at radius 3 is 2.73 bits per heavy atom. The van der Waals surface area contributed by atoms with Gasteiger partial charge in [0.05, 0.1) is 11.2 Å². The Morgan fingerprint density at radius 1 is 1.17 bits per heavy atom. The first kappa shape index (κ1) is 18.4. The number of anilines is 2. The largest absolute Gasteiger partial charge is 0.326 e. The summed E-state index contributed by atoms with van der Waals surface area (Å²) in [5.41, 5.74) is 5.73. The summed E-state index contributed by atoms with van der Waals surface area (Å²) in [6.07, 6.45) is 7.99. The Balaban J connectivity index is 0.00000231. The minimum Gasteiger partial charge on any atom is -0.326 e. The summed E-state index contributed by atoms with van der Waals surface area (Å²) < 4.78 is 17.0. The molecule has 0 fully saturated rings. The Kier molecular flexibility index (Phi) is 4.31. The van der Waals surface area contributed by atoms with Crippen molar-refractivity contribution in [2.24, 2.45) is 0 Å². The number of allylic oxidation sites excluding steroid dienone is 1. The summed E-state index contributed by atoms with van der Waals surface area (Å²) >= 11 is 0. The zero-order valence-electron chi connectivity index (χ0n) is 17.0. The van der Waals surface area contributed by atoms with E-state index in [-0.39, 0.29) is 13.3 Å². The molecule has 1 aromatic carbocycles. The molecule has 6 nitrogen and oxygen atoms in total. The van der Waals surface area contributed by atoms with E-state index >= 15 is 0 Å².